The minimum absolute atomic E-state index is 0.165. The number of aliphatic hydroxyl groups excluding tert-OH is 1. The number of ether oxygens (including phenoxy) is 1. The van der Waals surface area contributed by atoms with Gasteiger partial charge in [0.2, 0.25) is 0 Å². The summed E-state index contributed by atoms with van der Waals surface area (Å²) >= 11 is 0. The van der Waals surface area contributed by atoms with Gasteiger partial charge < -0.3 is 9.84 Å². The summed E-state index contributed by atoms with van der Waals surface area (Å²) in [6.45, 7) is 4.48. The number of rotatable bonds is 4. The van der Waals surface area contributed by atoms with Crippen molar-refractivity contribution in [2.75, 3.05) is 13.7 Å². The van der Waals surface area contributed by atoms with Gasteiger partial charge in [0, 0.05) is 6.61 Å². The van der Waals surface area contributed by atoms with E-state index in [4.69, 9.17) is 9.84 Å². The van der Waals surface area contributed by atoms with Crippen molar-refractivity contribution in [2.24, 2.45) is 0 Å². The maximum Gasteiger partial charge on any atom is 0.122 e. The zero-order chi connectivity index (χ0) is 10.6. The first-order valence-corrected chi connectivity index (χ1v) is 4.96. The number of methoxy groups -OCH3 is 1. The SMILES string of the molecule is COc1ccc(C(C)C)cc1CCO. The van der Waals surface area contributed by atoms with E-state index in [0.717, 1.165) is 11.3 Å². The van der Waals surface area contributed by atoms with Crippen LogP contribution in [0.1, 0.15) is 30.9 Å². The lowest BCUT2D eigenvalue weighted by Crippen LogP contribution is -1.98. The molecule has 2 heteroatoms. The lowest BCUT2D eigenvalue weighted by atomic mass is 9.99. The van der Waals surface area contributed by atoms with Crippen molar-refractivity contribution in [2.45, 2.75) is 26.2 Å². The lowest BCUT2D eigenvalue weighted by molar-refractivity contribution is 0.296. The number of aliphatic hydroxyl groups is 1. The van der Waals surface area contributed by atoms with Gasteiger partial charge in [-0.3, -0.25) is 0 Å². The molecule has 0 aliphatic carbocycles. The van der Waals surface area contributed by atoms with Gasteiger partial charge in [-0.15, -0.1) is 0 Å². The van der Waals surface area contributed by atoms with E-state index >= 15 is 0 Å². The molecule has 2 nitrogen and oxygen atoms in total. The molecular weight excluding hydrogens is 176 g/mol. The highest BCUT2D eigenvalue weighted by atomic mass is 16.5. The largest absolute Gasteiger partial charge is 0.496 e. The molecule has 1 N–H and O–H groups in total. The Bertz CT molecular complexity index is 292. The second-order valence-electron chi connectivity index (χ2n) is 3.70. The topological polar surface area (TPSA) is 29.5 Å². The summed E-state index contributed by atoms with van der Waals surface area (Å²) < 4.78 is 5.22. The van der Waals surface area contributed by atoms with Gasteiger partial charge in [0.05, 0.1) is 7.11 Å². The van der Waals surface area contributed by atoms with Gasteiger partial charge in [-0.05, 0) is 29.5 Å². The first kappa shape index (κ1) is 11.1. The molecule has 1 rings (SSSR count). The standard InChI is InChI=1S/C12H18O2/c1-9(2)10-4-5-12(14-3)11(8-10)6-7-13/h4-5,8-9,13H,6-7H2,1-3H3. The molecular formula is C12H18O2. The van der Waals surface area contributed by atoms with Crippen LogP contribution in [0.2, 0.25) is 0 Å². The average molecular weight is 194 g/mol. The molecule has 0 bridgehead atoms. The fourth-order valence-electron chi connectivity index (χ4n) is 1.47. The van der Waals surface area contributed by atoms with E-state index in [1.807, 2.05) is 6.07 Å². The van der Waals surface area contributed by atoms with Gasteiger partial charge in [-0.1, -0.05) is 26.0 Å². The van der Waals surface area contributed by atoms with Gasteiger partial charge >= 0.3 is 0 Å². The molecule has 0 fully saturated rings. The number of hydrogen-bond acceptors (Lipinski definition) is 2. The van der Waals surface area contributed by atoms with Crippen molar-refractivity contribution in [3.63, 3.8) is 0 Å². The van der Waals surface area contributed by atoms with E-state index in [1.54, 1.807) is 7.11 Å². The number of benzene rings is 1. The summed E-state index contributed by atoms with van der Waals surface area (Å²) in [7, 11) is 1.66. The van der Waals surface area contributed by atoms with Crippen molar-refractivity contribution in [1.82, 2.24) is 0 Å². The molecule has 0 unspecified atom stereocenters. The molecule has 0 spiro atoms. The second-order valence-corrected chi connectivity index (χ2v) is 3.70. The Hall–Kier alpha value is -1.02. The normalized spacial score (nSPS) is 10.6. The van der Waals surface area contributed by atoms with E-state index in [9.17, 15) is 0 Å². The van der Waals surface area contributed by atoms with Crippen molar-refractivity contribution < 1.29 is 9.84 Å². The van der Waals surface area contributed by atoms with Crippen LogP contribution in [0, 0.1) is 0 Å². The minimum atomic E-state index is 0.165. The molecule has 0 radical (unpaired) electrons. The first-order chi connectivity index (χ1) is 6.69. The van der Waals surface area contributed by atoms with E-state index in [-0.39, 0.29) is 6.61 Å². The molecule has 1 aromatic rings. The highest BCUT2D eigenvalue weighted by Gasteiger charge is 2.05. The average Bonchev–Trinajstić information content (AvgIpc) is 2.18. The molecule has 0 saturated carbocycles. The van der Waals surface area contributed by atoms with Crippen LogP contribution in [0.3, 0.4) is 0 Å². The number of hydrogen-bond donors (Lipinski definition) is 1. The Balaban J connectivity index is 3.01. The lowest BCUT2D eigenvalue weighted by Gasteiger charge is -2.11. The van der Waals surface area contributed by atoms with E-state index in [1.165, 1.54) is 5.56 Å². The zero-order valence-corrected chi connectivity index (χ0v) is 9.08. The van der Waals surface area contributed by atoms with Gasteiger partial charge in [0.25, 0.3) is 0 Å². The van der Waals surface area contributed by atoms with Crippen LogP contribution in [0.5, 0.6) is 5.75 Å². The third-order valence-corrected chi connectivity index (χ3v) is 2.35. The molecule has 0 atom stereocenters. The summed E-state index contributed by atoms with van der Waals surface area (Å²) in [4.78, 5) is 0. The summed E-state index contributed by atoms with van der Waals surface area (Å²) in [6, 6.07) is 6.16. The fourth-order valence-corrected chi connectivity index (χ4v) is 1.47. The summed E-state index contributed by atoms with van der Waals surface area (Å²) in [5, 5.41) is 8.91. The fraction of sp³-hybridized carbons (Fsp3) is 0.500. The molecule has 0 aliphatic rings. The summed E-state index contributed by atoms with van der Waals surface area (Å²) in [5.74, 6) is 1.38. The highest BCUT2D eigenvalue weighted by molar-refractivity contribution is 5.38. The first-order valence-electron chi connectivity index (χ1n) is 4.96. The Kier molecular flexibility index (Phi) is 3.96. The van der Waals surface area contributed by atoms with Crippen LogP contribution in [0.25, 0.3) is 0 Å². The van der Waals surface area contributed by atoms with Crippen LogP contribution in [0.15, 0.2) is 18.2 Å². The molecule has 1 aromatic carbocycles. The third kappa shape index (κ3) is 2.48. The van der Waals surface area contributed by atoms with Crippen molar-refractivity contribution >= 4 is 0 Å². The maximum atomic E-state index is 8.91. The Labute approximate surface area is 85.5 Å². The maximum absolute atomic E-state index is 8.91. The van der Waals surface area contributed by atoms with Gasteiger partial charge in [0.1, 0.15) is 5.75 Å². The second kappa shape index (κ2) is 5.01. The molecule has 0 amide bonds. The molecule has 0 aromatic heterocycles. The van der Waals surface area contributed by atoms with Crippen molar-refractivity contribution in [1.29, 1.82) is 0 Å². The van der Waals surface area contributed by atoms with Crippen LogP contribution in [-0.2, 0) is 6.42 Å². The van der Waals surface area contributed by atoms with Crippen LogP contribution in [0.4, 0.5) is 0 Å². The molecule has 0 saturated heterocycles. The van der Waals surface area contributed by atoms with Crippen LogP contribution >= 0.6 is 0 Å². The zero-order valence-electron chi connectivity index (χ0n) is 9.08. The van der Waals surface area contributed by atoms with E-state index < -0.39 is 0 Å². The van der Waals surface area contributed by atoms with Crippen molar-refractivity contribution in [3.05, 3.63) is 29.3 Å². The smallest absolute Gasteiger partial charge is 0.122 e. The van der Waals surface area contributed by atoms with Gasteiger partial charge in [0.15, 0.2) is 0 Å². The van der Waals surface area contributed by atoms with Crippen molar-refractivity contribution in [3.8, 4) is 5.75 Å². The molecule has 14 heavy (non-hydrogen) atoms. The predicted molar refractivity (Wildman–Crippen MR) is 57.9 cm³/mol. The minimum Gasteiger partial charge on any atom is -0.496 e. The molecule has 78 valence electrons. The van der Waals surface area contributed by atoms with Crippen LogP contribution < -0.4 is 4.74 Å². The summed E-state index contributed by atoms with van der Waals surface area (Å²) in [5.41, 5.74) is 2.37. The highest BCUT2D eigenvalue weighted by Crippen LogP contribution is 2.24. The quantitative estimate of drug-likeness (QED) is 0.797. The Morgan fingerprint density at radius 1 is 1.36 bits per heavy atom. The van der Waals surface area contributed by atoms with Gasteiger partial charge in [-0.25, -0.2) is 0 Å². The Morgan fingerprint density at radius 3 is 2.57 bits per heavy atom. The third-order valence-electron chi connectivity index (χ3n) is 2.35. The molecule has 0 aliphatic heterocycles. The molecule has 0 heterocycles. The monoisotopic (exact) mass is 194 g/mol. The van der Waals surface area contributed by atoms with E-state index in [2.05, 4.69) is 26.0 Å². The van der Waals surface area contributed by atoms with Gasteiger partial charge in [-0.2, -0.15) is 0 Å². The van der Waals surface area contributed by atoms with Crippen LogP contribution in [-0.4, -0.2) is 18.8 Å². The Morgan fingerprint density at radius 2 is 2.07 bits per heavy atom. The predicted octanol–water partition coefficient (Wildman–Crippen LogP) is 2.35. The summed E-state index contributed by atoms with van der Waals surface area (Å²) in [6.07, 6.45) is 0.656. The van der Waals surface area contributed by atoms with E-state index in [0.29, 0.717) is 12.3 Å².